The maximum absolute atomic E-state index is 12.6. The fourth-order valence-corrected chi connectivity index (χ4v) is 3.65. The molecule has 0 radical (unpaired) electrons. The predicted molar refractivity (Wildman–Crippen MR) is 108 cm³/mol. The van der Waals surface area contributed by atoms with Crippen molar-refractivity contribution >= 4 is 23.4 Å². The van der Waals surface area contributed by atoms with E-state index in [4.69, 9.17) is 11.6 Å². The zero-order chi connectivity index (χ0) is 20.3. The summed E-state index contributed by atoms with van der Waals surface area (Å²) in [5, 5.41) is 10.9. The van der Waals surface area contributed by atoms with Gasteiger partial charge in [-0.05, 0) is 64.3 Å². The average molecular weight is 404 g/mol. The van der Waals surface area contributed by atoms with E-state index in [1.54, 1.807) is 23.7 Å². The van der Waals surface area contributed by atoms with Crippen molar-refractivity contribution in [1.82, 2.24) is 25.4 Å². The zero-order valence-electron chi connectivity index (χ0n) is 16.4. The van der Waals surface area contributed by atoms with Gasteiger partial charge in [0.15, 0.2) is 0 Å². The Morgan fingerprint density at radius 2 is 1.93 bits per heavy atom. The number of carbonyl (C=O) groups is 2. The van der Waals surface area contributed by atoms with Crippen LogP contribution in [0, 0.1) is 12.8 Å². The van der Waals surface area contributed by atoms with Crippen LogP contribution < -0.4 is 10.6 Å². The molecule has 2 unspecified atom stereocenters. The van der Waals surface area contributed by atoms with E-state index < -0.39 is 0 Å². The van der Waals surface area contributed by atoms with E-state index >= 15 is 0 Å². The molecule has 0 spiro atoms. The minimum absolute atomic E-state index is 0.0491. The van der Waals surface area contributed by atoms with Crippen LogP contribution in [0.15, 0.2) is 24.3 Å². The third kappa shape index (κ3) is 4.90. The van der Waals surface area contributed by atoms with Gasteiger partial charge in [-0.1, -0.05) is 18.0 Å². The number of halogens is 1. The van der Waals surface area contributed by atoms with E-state index in [2.05, 4.69) is 20.7 Å². The molecule has 1 saturated carbocycles. The van der Waals surface area contributed by atoms with Crippen molar-refractivity contribution in [3.05, 3.63) is 40.9 Å². The summed E-state index contributed by atoms with van der Waals surface area (Å²) in [6, 6.07) is 7.25. The van der Waals surface area contributed by atoms with E-state index in [0.29, 0.717) is 17.3 Å². The molecule has 28 heavy (non-hydrogen) atoms. The number of amides is 2. The summed E-state index contributed by atoms with van der Waals surface area (Å²) in [4.78, 5) is 29.2. The molecule has 2 atom stereocenters. The third-order valence-electron chi connectivity index (χ3n) is 4.85. The summed E-state index contributed by atoms with van der Waals surface area (Å²) in [6.07, 6.45) is 3.26. The molecule has 0 aliphatic heterocycles. The highest BCUT2D eigenvalue weighted by atomic mass is 35.5. The predicted octanol–water partition coefficient (Wildman–Crippen LogP) is 3.04. The molecule has 0 bridgehead atoms. The Labute approximate surface area is 169 Å². The number of benzene rings is 1. The Kier molecular flexibility index (Phi) is 6.34. The molecule has 1 aromatic heterocycles. The Balaban J connectivity index is 1.65. The van der Waals surface area contributed by atoms with Gasteiger partial charge in [-0.15, -0.1) is 5.10 Å². The maximum Gasteiger partial charge on any atom is 0.291 e. The number of aromatic nitrogens is 3. The van der Waals surface area contributed by atoms with Gasteiger partial charge in [0.05, 0.1) is 5.69 Å². The van der Waals surface area contributed by atoms with Crippen LogP contribution in [0.2, 0.25) is 5.02 Å². The number of nitrogens with zero attached hydrogens (tertiary/aromatic N) is 3. The van der Waals surface area contributed by atoms with E-state index in [1.165, 1.54) is 0 Å². The van der Waals surface area contributed by atoms with Gasteiger partial charge in [0, 0.05) is 23.0 Å². The Morgan fingerprint density at radius 1 is 1.21 bits per heavy atom. The van der Waals surface area contributed by atoms with E-state index in [1.807, 2.05) is 26.0 Å². The third-order valence-corrected chi connectivity index (χ3v) is 5.11. The molecular formula is C20H26ClN5O2. The molecule has 7 nitrogen and oxygen atoms in total. The average Bonchev–Trinajstić information content (AvgIpc) is 3.04. The summed E-state index contributed by atoms with van der Waals surface area (Å²) in [6.45, 7) is 5.70. The maximum atomic E-state index is 12.6. The van der Waals surface area contributed by atoms with Crippen LogP contribution in [0.5, 0.6) is 0 Å². The SMILES string of the molecule is Cc1nc(C(=O)NC2CCCC(C(=O)NC(C)C)C2)nn1-c1ccc(Cl)cc1. The Bertz CT molecular complexity index is 847. The number of rotatable bonds is 5. The van der Waals surface area contributed by atoms with Crippen molar-refractivity contribution in [3.63, 3.8) is 0 Å². The number of carbonyl (C=O) groups excluding carboxylic acids is 2. The second-order valence-corrected chi connectivity index (χ2v) is 8.00. The summed E-state index contributed by atoms with van der Waals surface area (Å²) < 4.78 is 1.62. The quantitative estimate of drug-likeness (QED) is 0.802. The van der Waals surface area contributed by atoms with Gasteiger partial charge in [-0.3, -0.25) is 9.59 Å². The van der Waals surface area contributed by atoms with Crippen LogP contribution in [-0.2, 0) is 4.79 Å². The molecule has 2 aromatic rings. The fourth-order valence-electron chi connectivity index (χ4n) is 3.52. The Morgan fingerprint density at radius 3 is 2.61 bits per heavy atom. The highest BCUT2D eigenvalue weighted by Gasteiger charge is 2.29. The van der Waals surface area contributed by atoms with Gasteiger partial charge in [-0.25, -0.2) is 9.67 Å². The lowest BCUT2D eigenvalue weighted by Gasteiger charge is -2.29. The minimum atomic E-state index is -0.314. The standard InChI is InChI=1S/C20H26ClN5O2/c1-12(2)22-19(27)14-5-4-6-16(11-14)24-20(28)18-23-13(3)26(25-18)17-9-7-15(21)8-10-17/h7-10,12,14,16H,4-6,11H2,1-3H3,(H,22,27)(H,24,28). The summed E-state index contributed by atoms with van der Waals surface area (Å²) >= 11 is 5.93. The molecule has 0 saturated heterocycles. The number of hydrogen-bond acceptors (Lipinski definition) is 4. The second-order valence-electron chi connectivity index (χ2n) is 7.57. The number of nitrogens with one attached hydrogen (secondary N) is 2. The highest BCUT2D eigenvalue weighted by Crippen LogP contribution is 2.25. The highest BCUT2D eigenvalue weighted by molar-refractivity contribution is 6.30. The lowest BCUT2D eigenvalue weighted by Crippen LogP contribution is -2.44. The van der Waals surface area contributed by atoms with Gasteiger partial charge in [0.2, 0.25) is 11.7 Å². The van der Waals surface area contributed by atoms with Gasteiger partial charge in [0.25, 0.3) is 5.91 Å². The van der Waals surface area contributed by atoms with Crippen LogP contribution in [0.3, 0.4) is 0 Å². The number of aryl methyl sites for hydroxylation is 1. The van der Waals surface area contributed by atoms with Crippen molar-refractivity contribution in [3.8, 4) is 5.69 Å². The molecule has 1 aromatic carbocycles. The molecule has 3 rings (SSSR count). The zero-order valence-corrected chi connectivity index (χ0v) is 17.2. The first-order chi connectivity index (χ1) is 13.3. The molecule has 2 amide bonds. The largest absolute Gasteiger partial charge is 0.354 e. The van der Waals surface area contributed by atoms with E-state index in [0.717, 1.165) is 24.9 Å². The molecule has 2 N–H and O–H groups in total. The van der Waals surface area contributed by atoms with Gasteiger partial charge < -0.3 is 10.6 Å². The van der Waals surface area contributed by atoms with Crippen LogP contribution in [0.25, 0.3) is 5.69 Å². The van der Waals surface area contributed by atoms with Crippen LogP contribution in [0.1, 0.15) is 56.0 Å². The minimum Gasteiger partial charge on any atom is -0.354 e. The molecule has 150 valence electrons. The normalized spacial score (nSPS) is 19.5. The smallest absolute Gasteiger partial charge is 0.291 e. The van der Waals surface area contributed by atoms with Gasteiger partial charge in [0.1, 0.15) is 5.82 Å². The first kappa shape index (κ1) is 20.3. The first-order valence-corrected chi connectivity index (χ1v) is 10.0. The molecule has 1 aliphatic carbocycles. The molecule has 1 heterocycles. The first-order valence-electron chi connectivity index (χ1n) is 9.64. The Hall–Kier alpha value is -2.41. The van der Waals surface area contributed by atoms with Crippen molar-refractivity contribution in [2.45, 2.75) is 58.5 Å². The van der Waals surface area contributed by atoms with Crippen molar-refractivity contribution in [2.24, 2.45) is 5.92 Å². The summed E-state index contributed by atoms with van der Waals surface area (Å²) in [7, 11) is 0. The van der Waals surface area contributed by atoms with Crippen molar-refractivity contribution in [2.75, 3.05) is 0 Å². The number of hydrogen-bond donors (Lipinski definition) is 2. The van der Waals surface area contributed by atoms with Crippen LogP contribution in [0.4, 0.5) is 0 Å². The van der Waals surface area contributed by atoms with Crippen LogP contribution in [-0.4, -0.2) is 38.7 Å². The lowest BCUT2D eigenvalue weighted by atomic mass is 9.85. The monoisotopic (exact) mass is 403 g/mol. The fraction of sp³-hybridized carbons (Fsp3) is 0.500. The van der Waals surface area contributed by atoms with Crippen molar-refractivity contribution in [1.29, 1.82) is 0 Å². The van der Waals surface area contributed by atoms with E-state index in [9.17, 15) is 9.59 Å². The molecule has 1 fully saturated rings. The van der Waals surface area contributed by atoms with Gasteiger partial charge in [-0.2, -0.15) is 0 Å². The van der Waals surface area contributed by atoms with Gasteiger partial charge >= 0.3 is 0 Å². The molecule has 8 heteroatoms. The lowest BCUT2D eigenvalue weighted by molar-refractivity contribution is -0.126. The summed E-state index contributed by atoms with van der Waals surface area (Å²) in [5.74, 6) is 0.426. The second kappa shape index (κ2) is 8.73. The molecular weight excluding hydrogens is 378 g/mol. The topological polar surface area (TPSA) is 88.9 Å². The summed E-state index contributed by atoms with van der Waals surface area (Å²) in [5.41, 5.74) is 0.788. The van der Waals surface area contributed by atoms with E-state index in [-0.39, 0.29) is 35.6 Å². The molecule has 1 aliphatic rings. The van der Waals surface area contributed by atoms with Crippen LogP contribution >= 0.6 is 11.6 Å². The van der Waals surface area contributed by atoms with Crippen molar-refractivity contribution < 1.29 is 9.59 Å².